The van der Waals surface area contributed by atoms with Gasteiger partial charge in [0.25, 0.3) is 11.5 Å². The monoisotopic (exact) mass is 616 g/mol. The summed E-state index contributed by atoms with van der Waals surface area (Å²) in [7, 11) is 0. The highest BCUT2D eigenvalue weighted by atomic mass is 16.4. The first kappa shape index (κ1) is 33.5. The van der Waals surface area contributed by atoms with Crippen LogP contribution in [0.1, 0.15) is 35.8 Å². The summed E-state index contributed by atoms with van der Waals surface area (Å²) < 4.78 is 0. The zero-order valence-electron chi connectivity index (χ0n) is 23.3. The van der Waals surface area contributed by atoms with Gasteiger partial charge in [-0.1, -0.05) is 0 Å². The number of nitrogens with zero attached hydrogens (tertiary/aromatic N) is 3. The van der Waals surface area contributed by atoms with Gasteiger partial charge in [-0.2, -0.15) is 4.98 Å². The summed E-state index contributed by atoms with van der Waals surface area (Å²) >= 11 is 0. The first-order chi connectivity index (χ1) is 20.8. The number of ketones is 1. The van der Waals surface area contributed by atoms with Crippen LogP contribution >= 0.6 is 0 Å². The number of rotatable bonds is 15. The van der Waals surface area contributed by atoms with Crippen molar-refractivity contribution in [3.8, 4) is 0 Å². The van der Waals surface area contributed by atoms with E-state index in [4.69, 9.17) is 10.8 Å². The van der Waals surface area contributed by atoms with Crippen LogP contribution in [0.3, 0.4) is 0 Å². The smallest absolute Gasteiger partial charge is 0.326 e. The molecule has 0 unspecified atom stereocenters. The fourth-order valence-electron chi connectivity index (χ4n) is 3.97. The molecule has 2 amide bonds. The molecule has 0 radical (unpaired) electrons. The van der Waals surface area contributed by atoms with E-state index in [2.05, 4.69) is 35.9 Å². The number of nitrogens with one attached hydrogen (secondary N) is 4. The van der Waals surface area contributed by atoms with Gasteiger partial charge in [0, 0.05) is 17.7 Å². The first-order valence-electron chi connectivity index (χ1n) is 13.1. The zero-order chi connectivity index (χ0) is 32.6. The molecule has 18 heteroatoms. The minimum atomic E-state index is -1.95. The van der Waals surface area contributed by atoms with Crippen molar-refractivity contribution in [1.82, 2.24) is 30.6 Å². The van der Waals surface area contributed by atoms with Crippen molar-refractivity contribution in [3.05, 3.63) is 52.1 Å². The Morgan fingerprint density at radius 1 is 1.02 bits per heavy atom. The van der Waals surface area contributed by atoms with Crippen molar-refractivity contribution in [2.24, 2.45) is 0 Å². The number of hydrogen-bond donors (Lipinski definition) is 10. The highest BCUT2D eigenvalue weighted by molar-refractivity contribution is 5.97. The zero-order valence-corrected chi connectivity index (χ0v) is 23.3. The van der Waals surface area contributed by atoms with Gasteiger partial charge in [-0.15, -0.1) is 0 Å². The molecule has 2 heterocycles. The third-order valence-corrected chi connectivity index (χ3v) is 6.40. The largest absolute Gasteiger partial charge is 0.480 e. The van der Waals surface area contributed by atoms with E-state index in [0.717, 1.165) is 6.92 Å². The van der Waals surface area contributed by atoms with E-state index in [1.54, 1.807) is 12.1 Å². The molecule has 5 atom stereocenters. The van der Waals surface area contributed by atoms with Crippen molar-refractivity contribution in [2.45, 2.75) is 56.7 Å². The predicted octanol–water partition coefficient (Wildman–Crippen LogP) is -2.98. The summed E-state index contributed by atoms with van der Waals surface area (Å²) in [4.78, 5) is 75.2. The molecule has 0 saturated carbocycles. The number of H-pyrrole nitrogens is 1. The minimum Gasteiger partial charge on any atom is -0.480 e. The van der Waals surface area contributed by atoms with E-state index in [9.17, 15) is 44.4 Å². The predicted molar refractivity (Wildman–Crippen MR) is 152 cm³/mol. The lowest BCUT2D eigenvalue weighted by molar-refractivity contribution is -0.140. The number of aromatic nitrogens is 4. The van der Waals surface area contributed by atoms with Crippen LogP contribution in [0.4, 0.5) is 11.6 Å². The lowest BCUT2D eigenvalue weighted by atomic mass is 9.98. The third-order valence-electron chi connectivity index (χ3n) is 6.40. The minimum absolute atomic E-state index is 0.0175. The lowest BCUT2D eigenvalue weighted by Gasteiger charge is -2.28. The van der Waals surface area contributed by atoms with Gasteiger partial charge in [-0.3, -0.25) is 24.2 Å². The van der Waals surface area contributed by atoms with Crippen LogP contribution in [0.2, 0.25) is 0 Å². The average Bonchev–Trinajstić information content (AvgIpc) is 2.99. The van der Waals surface area contributed by atoms with Crippen LogP contribution < -0.4 is 27.2 Å². The summed E-state index contributed by atoms with van der Waals surface area (Å²) in [6.07, 6.45) is -5.12. The Labute approximate surface area is 248 Å². The van der Waals surface area contributed by atoms with E-state index in [1.807, 2.05) is 0 Å². The number of aliphatic carboxylic acids is 1. The van der Waals surface area contributed by atoms with Gasteiger partial charge in [0.1, 0.15) is 30.4 Å². The number of hydrogen-bond acceptors (Lipinski definition) is 14. The third kappa shape index (κ3) is 8.74. The molecular weight excluding hydrogens is 584 g/mol. The molecule has 236 valence electrons. The highest BCUT2D eigenvalue weighted by Gasteiger charge is 2.35. The lowest BCUT2D eigenvalue weighted by Crippen LogP contribution is -2.55. The Morgan fingerprint density at radius 2 is 1.70 bits per heavy atom. The van der Waals surface area contributed by atoms with Crippen LogP contribution in [0.25, 0.3) is 11.2 Å². The van der Waals surface area contributed by atoms with E-state index < -0.39 is 72.5 Å². The second-order valence-corrected chi connectivity index (χ2v) is 9.71. The number of benzene rings is 1. The molecular formula is C26H32N8O10. The number of anilines is 2. The number of carboxylic acids is 1. The number of carboxylic acid groups (broad SMARTS) is 1. The Morgan fingerprint density at radius 3 is 2.32 bits per heavy atom. The van der Waals surface area contributed by atoms with Gasteiger partial charge in [0.15, 0.2) is 16.9 Å². The molecule has 44 heavy (non-hydrogen) atoms. The fraction of sp³-hybridized carbons (Fsp3) is 0.385. The average molecular weight is 617 g/mol. The van der Waals surface area contributed by atoms with Crippen LogP contribution in [-0.4, -0.2) is 106 Å². The van der Waals surface area contributed by atoms with Gasteiger partial charge in [-0.05, 0) is 37.6 Å². The quantitative estimate of drug-likeness (QED) is 0.0814. The molecule has 0 aliphatic heterocycles. The summed E-state index contributed by atoms with van der Waals surface area (Å²) in [6, 6.07) is 2.83. The number of nitrogens with two attached hydrogens (primary N) is 1. The molecule has 0 saturated heterocycles. The fourth-order valence-corrected chi connectivity index (χ4v) is 3.97. The second kappa shape index (κ2) is 14.9. The number of aromatic amines is 1. The highest BCUT2D eigenvalue weighted by Crippen LogP contribution is 2.13. The Bertz CT molecular complexity index is 1560. The molecule has 3 aromatic rings. The molecule has 2 aromatic heterocycles. The number of nitrogen functional groups attached to an aromatic ring is 1. The molecule has 1 aromatic carbocycles. The van der Waals surface area contributed by atoms with Crippen LogP contribution in [0.15, 0.2) is 35.3 Å². The van der Waals surface area contributed by atoms with Gasteiger partial charge in [0.05, 0.1) is 25.0 Å². The van der Waals surface area contributed by atoms with E-state index in [1.165, 1.54) is 18.3 Å². The summed E-state index contributed by atoms with van der Waals surface area (Å²) in [5.74, 6) is -3.89. The maximum atomic E-state index is 12.7. The van der Waals surface area contributed by atoms with Crippen LogP contribution in [0, 0.1) is 0 Å². The van der Waals surface area contributed by atoms with Gasteiger partial charge in [0.2, 0.25) is 11.9 Å². The van der Waals surface area contributed by atoms with Crippen LogP contribution in [-0.2, 0) is 20.9 Å². The van der Waals surface area contributed by atoms with Crippen molar-refractivity contribution < 1.29 is 44.7 Å². The number of fused-ring (bicyclic) bond motifs is 1. The number of carbonyl (C=O) groups excluding carboxylic acids is 3. The van der Waals surface area contributed by atoms with E-state index >= 15 is 0 Å². The Balaban J connectivity index is 1.55. The normalized spacial score (nSPS) is 14.6. The van der Waals surface area contributed by atoms with Crippen molar-refractivity contribution >= 4 is 46.4 Å². The maximum Gasteiger partial charge on any atom is 0.326 e. The van der Waals surface area contributed by atoms with Crippen molar-refractivity contribution in [3.63, 3.8) is 0 Å². The molecule has 0 fully saturated rings. The number of aliphatic hydroxyl groups is 4. The summed E-state index contributed by atoms with van der Waals surface area (Å²) in [5, 5.41) is 55.5. The molecule has 0 spiro atoms. The van der Waals surface area contributed by atoms with Gasteiger partial charge >= 0.3 is 5.97 Å². The molecule has 3 rings (SSSR count). The SMILES string of the molecule is CC(=O)[C@@H](NC(=O)CC[C@H](NC(=O)c1ccc(NCc2cnc3nc(N)[nH]c(=O)c3n2)cc1)C(=O)O)[C@@H](O)[C@H](O)[C@H](O)CO. The standard InChI is InChI=1S/C26H32N8O10/c1-11(36)18(21(40)20(39)16(37)10-35)32-17(38)7-6-15(25(43)44)31-23(41)12-2-4-13(5-3-12)28-8-14-9-29-22-19(30-14)24(42)34-26(27)33-22/h2-5,9,15-16,18,20-21,28,35,37,39-40H,6-8,10H2,1H3,(H,31,41)(H,32,38)(H,43,44)(H3,27,29,33,34,42)/t15-,16+,18+,20+,21+/m0/s1. The van der Waals surface area contributed by atoms with E-state index in [0.29, 0.717) is 11.4 Å². The number of carbonyl (C=O) groups is 4. The Hall–Kier alpha value is -5.04. The van der Waals surface area contributed by atoms with Gasteiger partial charge in [-0.25, -0.2) is 14.8 Å². The number of Topliss-reactive ketones (excluding diaryl/α,β-unsaturated/α-hetero) is 1. The summed E-state index contributed by atoms with van der Waals surface area (Å²) in [5.41, 5.74) is 6.18. The molecule has 0 aliphatic carbocycles. The molecule has 11 N–H and O–H groups in total. The molecule has 18 nitrogen and oxygen atoms in total. The molecule has 0 aliphatic rings. The summed E-state index contributed by atoms with van der Waals surface area (Å²) in [6.45, 7) is 0.278. The van der Waals surface area contributed by atoms with E-state index in [-0.39, 0.29) is 35.6 Å². The maximum absolute atomic E-state index is 12.7. The Kier molecular flexibility index (Phi) is 11.3. The number of amides is 2. The van der Waals surface area contributed by atoms with Crippen LogP contribution in [0.5, 0.6) is 0 Å². The first-order valence-corrected chi connectivity index (χ1v) is 13.1. The van der Waals surface area contributed by atoms with Crippen molar-refractivity contribution in [1.29, 1.82) is 0 Å². The van der Waals surface area contributed by atoms with Crippen molar-refractivity contribution in [2.75, 3.05) is 17.7 Å². The van der Waals surface area contributed by atoms with Gasteiger partial charge < -0.3 is 47.2 Å². The second-order valence-electron chi connectivity index (χ2n) is 9.71. The number of aliphatic hydroxyl groups excluding tert-OH is 4. The topological polar surface area (TPSA) is 303 Å². The molecule has 0 bridgehead atoms.